The quantitative estimate of drug-likeness (QED) is 0.629. The van der Waals surface area contributed by atoms with Gasteiger partial charge in [0.05, 0.1) is 7.11 Å². The summed E-state index contributed by atoms with van der Waals surface area (Å²) in [6.07, 6.45) is 1.45. The minimum absolute atomic E-state index is 0.0500. The molecule has 24 heavy (non-hydrogen) atoms. The molecular weight excluding hydrogens is 306 g/mol. The van der Waals surface area contributed by atoms with Crippen molar-refractivity contribution in [3.8, 4) is 5.75 Å². The molecule has 0 spiro atoms. The average molecular weight is 337 g/mol. The molecule has 0 aliphatic carbocycles. The van der Waals surface area contributed by atoms with Gasteiger partial charge in [-0.15, -0.1) is 0 Å². The Hall–Kier alpha value is -1.59. The number of benzene rings is 1. The summed E-state index contributed by atoms with van der Waals surface area (Å²) >= 11 is 0. The predicted molar refractivity (Wildman–Crippen MR) is 95.0 cm³/mol. The number of ether oxygens (including phenoxy) is 2. The number of carbonyl (C=O) groups is 1. The van der Waals surface area contributed by atoms with E-state index in [0.717, 1.165) is 30.7 Å². The van der Waals surface area contributed by atoms with Gasteiger partial charge in [0.25, 0.3) is 0 Å². The molecule has 1 N–H and O–H groups in total. The third-order valence-electron chi connectivity index (χ3n) is 4.09. The molecule has 0 aliphatic heterocycles. The topological polar surface area (TPSA) is 59.0 Å². The number of rotatable bonds is 11. The second-order valence-corrected chi connectivity index (χ2v) is 6.12. The Kier molecular flexibility index (Phi) is 9.42. The van der Waals surface area contributed by atoms with Gasteiger partial charge in [0.1, 0.15) is 18.5 Å². The zero-order valence-corrected chi connectivity index (χ0v) is 15.3. The summed E-state index contributed by atoms with van der Waals surface area (Å²) in [6, 6.07) is 8.26. The Balaban J connectivity index is 2.59. The second kappa shape index (κ2) is 11.0. The van der Waals surface area contributed by atoms with Crippen LogP contribution in [0.3, 0.4) is 0 Å². The molecule has 0 bridgehead atoms. The monoisotopic (exact) mass is 337 g/mol. The maximum Gasteiger partial charge on any atom is 0.305 e. The highest BCUT2D eigenvalue weighted by Crippen LogP contribution is 2.15. The number of methoxy groups -OCH3 is 1. The van der Waals surface area contributed by atoms with Crippen molar-refractivity contribution in [2.75, 3.05) is 20.3 Å². The molecule has 0 aliphatic rings. The minimum Gasteiger partial charge on any atom is -0.497 e. The van der Waals surface area contributed by atoms with E-state index in [2.05, 4.69) is 18.7 Å². The molecule has 0 fully saturated rings. The summed E-state index contributed by atoms with van der Waals surface area (Å²) in [5.74, 6) is 0.582. The Morgan fingerprint density at radius 2 is 1.92 bits per heavy atom. The number of nitrogens with zero attached hydrogens (tertiary/aromatic N) is 1. The van der Waals surface area contributed by atoms with Crippen molar-refractivity contribution in [2.45, 2.75) is 58.7 Å². The molecule has 2 atom stereocenters. The van der Waals surface area contributed by atoms with Gasteiger partial charge in [-0.3, -0.25) is 9.69 Å². The maximum atomic E-state index is 11.4. The lowest BCUT2D eigenvalue weighted by molar-refractivity contribution is -0.147. The van der Waals surface area contributed by atoms with E-state index in [4.69, 9.17) is 9.47 Å². The highest BCUT2D eigenvalue weighted by atomic mass is 16.5. The van der Waals surface area contributed by atoms with Gasteiger partial charge in [0.2, 0.25) is 0 Å². The predicted octanol–water partition coefficient (Wildman–Crippen LogP) is 3.00. The lowest BCUT2D eigenvalue weighted by Crippen LogP contribution is -2.40. The first-order valence-electron chi connectivity index (χ1n) is 8.70. The van der Waals surface area contributed by atoms with E-state index in [9.17, 15) is 9.90 Å². The molecule has 2 unspecified atom stereocenters. The van der Waals surface area contributed by atoms with E-state index in [1.807, 2.05) is 31.2 Å². The van der Waals surface area contributed by atoms with Crippen molar-refractivity contribution in [3.05, 3.63) is 29.8 Å². The smallest absolute Gasteiger partial charge is 0.305 e. The third-order valence-corrected chi connectivity index (χ3v) is 4.09. The van der Waals surface area contributed by atoms with Crippen LogP contribution in [0, 0.1) is 0 Å². The summed E-state index contributed by atoms with van der Waals surface area (Å²) in [4.78, 5) is 13.6. The average Bonchev–Trinajstić information content (AvgIpc) is 2.59. The standard InChI is InChI=1S/C19H31NO4/c1-5-7-19(22)24-14-17(21)13-20(15(3)6-2)12-16-8-10-18(23-4)11-9-16/h8-11,15,17,21H,5-7,12-14H2,1-4H3. The Labute approximate surface area is 145 Å². The van der Waals surface area contributed by atoms with Gasteiger partial charge in [0.15, 0.2) is 0 Å². The zero-order valence-electron chi connectivity index (χ0n) is 15.3. The molecule has 1 aromatic rings. The van der Waals surface area contributed by atoms with Crippen LogP contribution in [0.2, 0.25) is 0 Å². The van der Waals surface area contributed by atoms with Crippen LogP contribution in [0.5, 0.6) is 5.75 Å². The lowest BCUT2D eigenvalue weighted by atomic mass is 10.1. The lowest BCUT2D eigenvalue weighted by Gasteiger charge is -2.30. The van der Waals surface area contributed by atoms with Crippen molar-refractivity contribution < 1.29 is 19.4 Å². The first-order valence-corrected chi connectivity index (χ1v) is 8.70. The first-order chi connectivity index (χ1) is 11.5. The van der Waals surface area contributed by atoms with Crippen molar-refractivity contribution >= 4 is 5.97 Å². The molecule has 1 rings (SSSR count). The zero-order chi connectivity index (χ0) is 17.9. The van der Waals surface area contributed by atoms with Crippen LogP contribution in [0.1, 0.15) is 45.6 Å². The molecule has 0 radical (unpaired) electrons. The van der Waals surface area contributed by atoms with E-state index in [1.54, 1.807) is 7.11 Å². The highest BCUT2D eigenvalue weighted by Gasteiger charge is 2.18. The van der Waals surface area contributed by atoms with Crippen molar-refractivity contribution in [2.24, 2.45) is 0 Å². The Morgan fingerprint density at radius 1 is 1.25 bits per heavy atom. The summed E-state index contributed by atoms with van der Waals surface area (Å²) in [5.41, 5.74) is 1.16. The fourth-order valence-electron chi connectivity index (χ4n) is 2.41. The normalized spacial score (nSPS) is 13.6. The van der Waals surface area contributed by atoms with Gasteiger partial charge in [0, 0.05) is 25.6 Å². The number of aliphatic hydroxyl groups is 1. The molecule has 5 nitrogen and oxygen atoms in total. The van der Waals surface area contributed by atoms with Crippen LogP contribution in [0.15, 0.2) is 24.3 Å². The van der Waals surface area contributed by atoms with E-state index >= 15 is 0 Å². The molecule has 1 aromatic carbocycles. The number of hydrogen-bond donors (Lipinski definition) is 1. The van der Waals surface area contributed by atoms with E-state index in [1.165, 1.54) is 0 Å². The fraction of sp³-hybridized carbons (Fsp3) is 0.632. The number of esters is 1. The second-order valence-electron chi connectivity index (χ2n) is 6.12. The molecule has 0 aromatic heterocycles. The van der Waals surface area contributed by atoms with Gasteiger partial charge >= 0.3 is 5.97 Å². The third kappa shape index (κ3) is 7.32. The first kappa shape index (κ1) is 20.5. The molecule has 0 heterocycles. The van der Waals surface area contributed by atoms with Crippen LogP contribution in [-0.2, 0) is 16.1 Å². The fourth-order valence-corrected chi connectivity index (χ4v) is 2.41. The maximum absolute atomic E-state index is 11.4. The van der Waals surface area contributed by atoms with Crippen LogP contribution < -0.4 is 4.74 Å². The van der Waals surface area contributed by atoms with Crippen LogP contribution in [0.25, 0.3) is 0 Å². The van der Waals surface area contributed by atoms with Crippen LogP contribution in [0.4, 0.5) is 0 Å². The summed E-state index contributed by atoms with van der Waals surface area (Å²) in [7, 11) is 1.65. The summed E-state index contributed by atoms with van der Waals surface area (Å²) in [6.45, 7) is 7.45. The van der Waals surface area contributed by atoms with Gasteiger partial charge in [-0.2, -0.15) is 0 Å². The summed E-state index contributed by atoms with van der Waals surface area (Å²) in [5, 5.41) is 10.2. The van der Waals surface area contributed by atoms with Crippen LogP contribution >= 0.6 is 0 Å². The van der Waals surface area contributed by atoms with Gasteiger partial charge in [-0.1, -0.05) is 26.0 Å². The SMILES string of the molecule is CCCC(=O)OCC(O)CN(Cc1ccc(OC)cc1)C(C)CC. The van der Waals surface area contributed by atoms with Gasteiger partial charge < -0.3 is 14.6 Å². The van der Waals surface area contributed by atoms with Gasteiger partial charge in [-0.25, -0.2) is 0 Å². The van der Waals surface area contributed by atoms with Gasteiger partial charge in [-0.05, 0) is 37.5 Å². The molecule has 136 valence electrons. The van der Waals surface area contributed by atoms with Crippen LogP contribution in [-0.4, -0.2) is 48.4 Å². The van der Waals surface area contributed by atoms with Crippen molar-refractivity contribution in [1.82, 2.24) is 4.90 Å². The molecule has 0 saturated carbocycles. The molecule has 5 heteroatoms. The minimum atomic E-state index is -0.682. The largest absolute Gasteiger partial charge is 0.497 e. The molecule has 0 saturated heterocycles. The number of carbonyl (C=O) groups excluding carboxylic acids is 1. The van der Waals surface area contributed by atoms with E-state index in [0.29, 0.717) is 19.0 Å². The molecule has 0 amide bonds. The molecular formula is C19H31NO4. The summed E-state index contributed by atoms with van der Waals surface area (Å²) < 4.78 is 10.3. The highest BCUT2D eigenvalue weighted by molar-refractivity contribution is 5.69. The van der Waals surface area contributed by atoms with E-state index in [-0.39, 0.29) is 12.6 Å². The number of aliphatic hydroxyl groups excluding tert-OH is 1. The van der Waals surface area contributed by atoms with E-state index < -0.39 is 6.10 Å². The van der Waals surface area contributed by atoms with Crippen molar-refractivity contribution in [3.63, 3.8) is 0 Å². The Bertz CT molecular complexity index is 475. The van der Waals surface area contributed by atoms with Crippen molar-refractivity contribution in [1.29, 1.82) is 0 Å². The number of hydrogen-bond acceptors (Lipinski definition) is 5. The Morgan fingerprint density at radius 3 is 2.46 bits per heavy atom.